The first kappa shape index (κ1) is 23.0. The number of nitrogens with one attached hydrogen (secondary N) is 1. The lowest BCUT2D eigenvalue weighted by atomic mass is 10.1. The van der Waals surface area contributed by atoms with E-state index in [4.69, 9.17) is 4.74 Å². The number of aromatic nitrogens is 2. The minimum Gasteiger partial charge on any atom is -0.488 e. The molecule has 1 aromatic heterocycles. The lowest BCUT2D eigenvalue weighted by Crippen LogP contribution is -2.43. The monoisotopic (exact) mass is 461 g/mol. The molecule has 1 heterocycles. The van der Waals surface area contributed by atoms with Crippen LogP contribution in [0, 0.1) is 5.82 Å². The number of rotatable bonds is 8. The molecule has 0 aliphatic carbocycles. The number of para-hydroxylation sites is 2. The molecule has 0 bridgehead atoms. The number of hydrogen-bond donors (Lipinski definition) is 1. The number of ether oxygens (including phenoxy) is 1. The van der Waals surface area contributed by atoms with Crippen LogP contribution in [0.2, 0.25) is 0 Å². The summed E-state index contributed by atoms with van der Waals surface area (Å²) in [6.07, 6.45) is 0. The fraction of sp³-hybridized carbons (Fsp3) is 0.192. The van der Waals surface area contributed by atoms with E-state index in [2.05, 4.69) is 5.32 Å². The molecule has 4 rings (SSSR count). The lowest BCUT2D eigenvalue weighted by Gasteiger charge is -2.21. The van der Waals surface area contributed by atoms with E-state index in [9.17, 15) is 18.8 Å². The summed E-state index contributed by atoms with van der Waals surface area (Å²) in [5, 5.41) is 3.24. The molecule has 1 unspecified atom stereocenters. The van der Waals surface area contributed by atoms with Crippen LogP contribution in [0.3, 0.4) is 0 Å². The van der Waals surface area contributed by atoms with Gasteiger partial charge in [-0.2, -0.15) is 0 Å². The highest BCUT2D eigenvalue weighted by Gasteiger charge is 2.19. The summed E-state index contributed by atoms with van der Waals surface area (Å²) in [4.78, 5) is 38.7. The molecule has 0 radical (unpaired) electrons. The Balaban J connectivity index is 1.62. The fourth-order valence-corrected chi connectivity index (χ4v) is 3.83. The first-order valence-electron chi connectivity index (χ1n) is 10.9. The molecule has 1 amide bonds. The molecule has 0 aliphatic heterocycles. The molecular weight excluding hydrogens is 437 g/mol. The third-order valence-electron chi connectivity index (χ3n) is 5.53. The van der Waals surface area contributed by atoms with Crippen LogP contribution in [-0.4, -0.2) is 21.6 Å². The van der Waals surface area contributed by atoms with Gasteiger partial charge < -0.3 is 10.1 Å². The molecule has 0 fully saturated rings. The predicted molar refractivity (Wildman–Crippen MR) is 127 cm³/mol. The Morgan fingerprint density at radius 3 is 2.35 bits per heavy atom. The number of benzene rings is 3. The van der Waals surface area contributed by atoms with Crippen molar-refractivity contribution in [3.05, 3.63) is 111 Å². The van der Waals surface area contributed by atoms with Crippen LogP contribution >= 0.6 is 0 Å². The van der Waals surface area contributed by atoms with Crippen molar-refractivity contribution >= 4 is 16.8 Å². The average Bonchev–Trinajstić information content (AvgIpc) is 2.86. The second-order valence-corrected chi connectivity index (χ2v) is 7.71. The summed E-state index contributed by atoms with van der Waals surface area (Å²) < 4.78 is 22.0. The summed E-state index contributed by atoms with van der Waals surface area (Å²) in [7, 11) is 0. The zero-order valence-corrected chi connectivity index (χ0v) is 18.6. The van der Waals surface area contributed by atoms with Crippen molar-refractivity contribution in [1.29, 1.82) is 0 Å². The Kier molecular flexibility index (Phi) is 6.87. The molecule has 3 aromatic carbocycles. The number of fused-ring (bicyclic) bond motifs is 1. The maximum Gasteiger partial charge on any atom is 0.331 e. The maximum atomic E-state index is 14.0. The van der Waals surface area contributed by atoms with Gasteiger partial charge in [-0.15, -0.1) is 0 Å². The minimum absolute atomic E-state index is 0.0131. The van der Waals surface area contributed by atoms with Crippen LogP contribution in [0.25, 0.3) is 10.9 Å². The van der Waals surface area contributed by atoms with E-state index >= 15 is 0 Å². The van der Waals surface area contributed by atoms with E-state index in [0.717, 1.165) is 10.1 Å². The van der Waals surface area contributed by atoms with Gasteiger partial charge >= 0.3 is 5.69 Å². The van der Waals surface area contributed by atoms with Gasteiger partial charge in [-0.05, 0) is 36.8 Å². The highest BCUT2D eigenvalue weighted by atomic mass is 19.1. The van der Waals surface area contributed by atoms with E-state index in [1.165, 1.54) is 16.7 Å². The topological polar surface area (TPSA) is 82.3 Å². The Hall–Kier alpha value is -4.20. The second kappa shape index (κ2) is 10.2. The van der Waals surface area contributed by atoms with E-state index in [1.807, 2.05) is 30.3 Å². The van der Waals surface area contributed by atoms with Gasteiger partial charge in [0.15, 0.2) is 11.6 Å². The average molecular weight is 461 g/mol. The number of carbonyl (C=O) groups excluding carboxylic acids is 1. The van der Waals surface area contributed by atoms with Crippen LogP contribution in [0.5, 0.6) is 5.75 Å². The van der Waals surface area contributed by atoms with Crippen molar-refractivity contribution in [1.82, 2.24) is 14.5 Å². The van der Waals surface area contributed by atoms with Crippen molar-refractivity contribution < 1.29 is 13.9 Å². The van der Waals surface area contributed by atoms with Crippen molar-refractivity contribution in [2.45, 2.75) is 26.1 Å². The molecule has 0 spiro atoms. The van der Waals surface area contributed by atoms with E-state index < -0.39 is 23.5 Å². The zero-order valence-electron chi connectivity index (χ0n) is 18.6. The molecule has 1 N–H and O–H groups in total. The van der Waals surface area contributed by atoms with Gasteiger partial charge in [-0.1, -0.05) is 54.6 Å². The standard InChI is InChI=1S/C26H24FN3O4/c1-2-29-25(32)19-12-6-8-14-22(19)30(26(29)33)16-24(31)28-21(18-10-4-3-5-11-18)17-34-23-15-9-7-13-20(23)27/h3-15,21H,2,16-17H2,1H3,(H,28,31). The minimum atomic E-state index is -0.590. The van der Waals surface area contributed by atoms with Gasteiger partial charge in [0.25, 0.3) is 5.56 Å². The number of carbonyl (C=O) groups is 1. The number of amides is 1. The number of halogens is 1. The Bertz CT molecular complexity index is 1430. The molecule has 174 valence electrons. The first-order valence-corrected chi connectivity index (χ1v) is 10.9. The predicted octanol–water partition coefficient (Wildman–Crippen LogP) is 3.26. The summed E-state index contributed by atoms with van der Waals surface area (Å²) in [6, 6.07) is 21.3. The summed E-state index contributed by atoms with van der Waals surface area (Å²) in [6.45, 7) is 1.59. The van der Waals surface area contributed by atoms with Gasteiger partial charge in [0, 0.05) is 6.54 Å². The largest absolute Gasteiger partial charge is 0.488 e. The van der Waals surface area contributed by atoms with Crippen LogP contribution < -0.4 is 21.3 Å². The highest BCUT2D eigenvalue weighted by molar-refractivity contribution is 5.81. The van der Waals surface area contributed by atoms with Crippen LogP contribution in [0.15, 0.2) is 88.5 Å². The quantitative estimate of drug-likeness (QED) is 0.437. The normalized spacial score (nSPS) is 11.8. The van der Waals surface area contributed by atoms with Crippen molar-refractivity contribution in [3.8, 4) is 5.75 Å². The Labute approximate surface area is 195 Å². The van der Waals surface area contributed by atoms with Gasteiger partial charge in [0.1, 0.15) is 13.2 Å². The number of hydrogen-bond acceptors (Lipinski definition) is 4. The highest BCUT2D eigenvalue weighted by Crippen LogP contribution is 2.19. The Morgan fingerprint density at radius 1 is 0.941 bits per heavy atom. The van der Waals surface area contributed by atoms with Gasteiger partial charge in [0.2, 0.25) is 5.91 Å². The summed E-state index contributed by atoms with van der Waals surface area (Å²) in [5.74, 6) is -0.866. The van der Waals surface area contributed by atoms with Crippen LogP contribution in [0.1, 0.15) is 18.5 Å². The molecule has 4 aromatic rings. The summed E-state index contributed by atoms with van der Waals surface area (Å²) >= 11 is 0. The smallest absolute Gasteiger partial charge is 0.331 e. The third-order valence-corrected chi connectivity index (χ3v) is 5.53. The van der Waals surface area contributed by atoms with Crippen molar-refractivity contribution in [2.24, 2.45) is 0 Å². The van der Waals surface area contributed by atoms with E-state index in [-0.39, 0.29) is 31.0 Å². The molecule has 8 heteroatoms. The lowest BCUT2D eigenvalue weighted by molar-refractivity contribution is -0.122. The molecule has 0 saturated carbocycles. The third kappa shape index (κ3) is 4.76. The van der Waals surface area contributed by atoms with Gasteiger partial charge in [-0.25, -0.2) is 9.18 Å². The zero-order chi connectivity index (χ0) is 24.1. The molecule has 7 nitrogen and oxygen atoms in total. The van der Waals surface area contributed by atoms with Crippen molar-refractivity contribution in [2.75, 3.05) is 6.61 Å². The van der Waals surface area contributed by atoms with Crippen LogP contribution in [-0.2, 0) is 17.9 Å². The summed E-state index contributed by atoms with van der Waals surface area (Å²) in [5.41, 5.74) is 0.208. The van der Waals surface area contributed by atoms with E-state index in [1.54, 1.807) is 43.3 Å². The second-order valence-electron chi connectivity index (χ2n) is 7.71. The first-order chi connectivity index (χ1) is 16.5. The molecule has 1 atom stereocenters. The van der Waals surface area contributed by atoms with Crippen molar-refractivity contribution in [3.63, 3.8) is 0 Å². The maximum absolute atomic E-state index is 14.0. The fourth-order valence-electron chi connectivity index (χ4n) is 3.83. The van der Waals surface area contributed by atoms with Gasteiger partial charge in [0.05, 0.1) is 16.9 Å². The Morgan fingerprint density at radius 2 is 1.62 bits per heavy atom. The molecule has 0 aliphatic rings. The van der Waals surface area contributed by atoms with Crippen LogP contribution in [0.4, 0.5) is 4.39 Å². The van der Waals surface area contributed by atoms with Gasteiger partial charge in [-0.3, -0.25) is 18.7 Å². The SMILES string of the molecule is CCn1c(=O)c2ccccc2n(CC(=O)NC(COc2ccccc2F)c2ccccc2)c1=O. The molecular formula is C26H24FN3O4. The molecule has 0 saturated heterocycles. The van der Waals surface area contributed by atoms with E-state index in [0.29, 0.717) is 10.9 Å². The molecule has 34 heavy (non-hydrogen) atoms. The number of nitrogens with zero attached hydrogens (tertiary/aromatic N) is 2.